The summed E-state index contributed by atoms with van der Waals surface area (Å²) in [7, 11) is 0. The van der Waals surface area contributed by atoms with Crippen LogP contribution in [0.3, 0.4) is 0 Å². The largest absolute Gasteiger partial charge is 0.219 e. The monoisotopic (exact) mass is 214 g/mol. The molecule has 0 aliphatic rings. The van der Waals surface area contributed by atoms with Crippen molar-refractivity contribution < 1.29 is 0 Å². The van der Waals surface area contributed by atoms with E-state index in [1.165, 1.54) is 10.9 Å². The first kappa shape index (κ1) is 8.47. The summed E-state index contributed by atoms with van der Waals surface area (Å²) in [4.78, 5) is 0. The Morgan fingerprint density at radius 1 is 1.15 bits per heavy atom. The number of hydrogen-bond donors (Lipinski definition) is 0. The Kier molecular flexibility index (Phi) is 2.16. The van der Waals surface area contributed by atoms with E-state index in [0.717, 1.165) is 0 Å². The van der Waals surface area contributed by atoms with Crippen molar-refractivity contribution >= 4 is 23.2 Å². The molecular formula is C7H4Cl2N4. The minimum Gasteiger partial charge on any atom is -0.219 e. The van der Waals surface area contributed by atoms with Gasteiger partial charge in [0.2, 0.25) is 0 Å². The van der Waals surface area contributed by atoms with Gasteiger partial charge >= 0.3 is 0 Å². The van der Waals surface area contributed by atoms with Gasteiger partial charge in [-0.1, -0.05) is 23.2 Å². The van der Waals surface area contributed by atoms with Crippen LogP contribution in [0.2, 0.25) is 10.2 Å². The molecule has 0 atom stereocenters. The van der Waals surface area contributed by atoms with Crippen LogP contribution in [0.25, 0.3) is 5.82 Å². The van der Waals surface area contributed by atoms with Crippen LogP contribution in [-0.2, 0) is 0 Å². The average Bonchev–Trinajstić information content (AvgIpc) is 2.53. The third kappa shape index (κ3) is 1.79. The van der Waals surface area contributed by atoms with Gasteiger partial charge in [0.1, 0.15) is 0 Å². The predicted molar refractivity (Wildman–Crippen MR) is 49.2 cm³/mol. The first-order valence-corrected chi connectivity index (χ1v) is 4.21. The van der Waals surface area contributed by atoms with Gasteiger partial charge in [0.15, 0.2) is 11.0 Å². The summed E-state index contributed by atoms with van der Waals surface area (Å²) in [5.41, 5.74) is 0. The second-order valence-electron chi connectivity index (χ2n) is 2.32. The fourth-order valence-electron chi connectivity index (χ4n) is 0.857. The highest BCUT2D eigenvalue weighted by molar-refractivity contribution is 6.30. The van der Waals surface area contributed by atoms with Gasteiger partial charge in [-0.25, -0.2) is 4.68 Å². The second-order valence-corrected chi connectivity index (χ2v) is 3.14. The molecule has 13 heavy (non-hydrogen) atoms. The Morgan fingerprint density at radius 3 is 2.54 bits per heavy atom. The highest BCUT2D eigenvalue weighted by Crippen LogP contribution is 2.10. The van der Waals surface area contributed by atoms with E-state index in [1.54, 1.807) is 18.3 Å². The lowest BCUT2D eigenvalue weighted by molar-refractivity contribution is 0.814. The highest BCUT2D eigenvalue weighted by Gasteiger charge is 2.00. The lowest BCUT2D eigenvalue weighted by atomic mass is 10.5. The molecule has 0 aromatic carbocycles. The Bertz CT molecular complexity index is 409. The molecule has 0 fully saturated rings. The summed E-state index contributed by atoms with van der Waals surface area (Å²) in [5.74, 6) is 0.580. The van der Waals surface area contributed by atoms with E-state index in [4.69, 9.17) is 23.2 Å². The van der Waals surface area contributed by atoms with Gasteiger partial charge in [0, 0.05) is 0 Å². The molecule has 0 bridgehead atoms. The first-order chi connectivity index (χ1) is 6.25. The van der Waals surface area contributed by atoms with Crippen LogP contribution in [0, 0.1) is 0 Å². The molecule has 6 heteroatoms. The molecular weight excluding hydrogens is 211 g/mol. The molecule has 2 heterocycles. The minimum absolute atomic E-state index is 0.349. The minimum atomic E-state index is 0.349. The van der Waals surface area contributed by atoms with Crippen molar-refractivity contribution in [3.05, 3.63) is 34.7 Å². The summed E-state index contributed by atoms with van der Waals surface area (Å²) in [6.07, 6.45) is 3.16. The Hall–Kier alpha value is -1.13. The van der Waals surface area contributed by atoms with Crippen LogP contribution >= 0.6 is 23.2 Å². The molecule has 0 spiro atoms. The zero-order chi connectivity index (χ0) is 9.26. The van der Waals surface area contributed by atoms with Crippen LogP contribution in [0.1, 0.15) is 0 Å². The second kappa shape index (κ2) is 3.32. The van der Waals surface area contributed by atoms with E-state index >= 15 is 0 Å². The number of halogens is 2. The lowest BCUT2D eigenvalue weighted by Gasteiger charge is -1.96. The number of rotatable bonds is 1. The molecule has 0 aliphatic carbocycles. The fraction of sp³-hybridized carbons (Fsp3) is 0. The Balaban J connectivity index is 2.41. The fourth-order valence-corrected chi connectivity index (χ4v) is 1.09. The van der Waals surface area contributed by atoms with Crippen molar-refractivity contribution in [3.8, 4) is 5.82 Å². The van der Waals surface area contributed by atoms with E-state index in [0.29, 0.717) is 16.0 Å². The zero-order valence-electron chi connectivity index (χ0n) is 6.35. The zero-order valence-corrected chi connectivity index (χ0v) is 7.87. The van der Waals surface area contributed by atoms with Gasteiger partial charge < -0.3 is 0 Å². The van der Waals surface area contributed by atoms with Crippen molar-refractivity contribution in [2.24, 2.45) is 0 Å². The van der Waals surface area contributed by atoms with Gasteiger partial charge in [0.25, 0.3) is 0 Å². The van der Waals surface area contributed by atoms with Gasteiger partial charge in [-0.3, -0.25) is 0 Å². The Morgan fingerprint density at radius 2 is 2.00 bits per heavy atom. The van der Waals surface area contributed by atoms with Crippen LogP contribution < -0.4 is 0 Å². The SMILES string of the molecule is Clc1cnn(-c2ccc(Cl)nn2)c1. The van der Waals surface area contributed by atoms with Crippen LogP contribution in [0.4, 0.5) is 0 Å². The molecule has 0 aliphatic heterocycles. The summed E-state index contributed by atoms with van der Waals surface area (Å²) < 4.78 is 1.52. The summed E-state index contributed by atoms with van der Waals surface area (Å²) in [5, 5.41) is 12.4. The van der Waals surface area contributed by atoms with Gasteiger partial charge in [-0.2, -0.15) is 5.10 Å². The number of hydrogen-bond acceptors (Lipinski definition) is 3. The molecule has 0 saturated carbocycles. The molecule has 66 valence electrons. The summed E-state index contributed by atoms with van der Waals surface area (Å²) >= 11 is 11.3. The summed E-state index contributed by atoms with van der Waals surface area (Å²) in [6, 6.07) is 3.35. The molecule has 0 radical (unpaired) electrons. The number of aromatic nitrogens is 4. The van der Waals surface area contributed by atoms with Crippen LogP contribution in [-0.4, -0.2) is 20.0 Å². The molecule has 2 rings (SSSR count). The van der Waals surface area contributed by atoms with Gasteiger partial charge in [0.05, 0.1) is 17.4 Å². The normalized spacial score (nSPS) is 10.3. The standard InChI is InChI=1S/C7H4Cl2N4/c8-5-3-10-13(4-5)7-2-1-6(9)11-12-7/h1-4H. The maximum Gasteiger partial charge on any atom is 0.175 e. The molecule has 0 N–H and O–H groups in total. The molecule has 2 aromatic heterocycles. The molecule has 0 saturated heterocycles. The predicted octanol–water partition coefficient (Wildman–Crippen LogP) is 1.97. The van der Waals surface area contributed by atoms with Crippen molar-refractivity contribution in [2.75, 3.05) is 0 Å². The van der Waals surface area contributed by atoms with Gasteiger partial charge in [-0.05, 0) is 12.1 Å². The van der Waals surface area contributed by atoms with E-state index in [2.05, 4.69) is 15.3 Å². The maximum absolute atomic E-state index is 5.68. The van der Waals surface area contributed by atoms with Crippen molar-refractivity contribution in [2.45, 2.75) is 0 Å². The van der Waals surface area contributed by atoms with Crippen molar-refractivity contribution in [1.29, 1.82) is 0 Å². The molecule has 0 amide bonds. The quantitative estimate of drug-likeness (QED) is 0.730. The Labute approximate surface area is 84.1 Å². The molecule has 4 nitrogen and oxygen atoms in total. The van der Waals surface area contributed by atoms with Crippen LogP contribution in [0.5, 0.6) is 0 Å². The van der Waals surface area contributed by atoms with E-state index < -0.39 is 0 Å². The van der Waals surface area contributed by atoms with E-state index in [9.17, 15) is 0 Å². The van der Waals surface area contributed by atoms with Crippen molar-refractivity contribution in [1.82, 2.24) is 20.0 Å². The third-order valence-corrected chi connectivity index (χ3v) is 1.80. The lowest BCUT2D eigenvalue weighted by Crippen LogP contribution is -1.98. The third-order valence-electron chi connectivity index (χ3n) is 1.40. The van der Waals surface area contributed by atoms with Crippen molar-refractivity contribution in [3.63, 3.8) is 0 Å². The number of nitrogens with zero attached hydrogens (tertiary/aromatic N) is 4. The first-order valence-electron chi connectivity index (χ1n) is 3.45. The summed E-state index contributed by atoms with van der Waals surface area (Å²) in [6.45, 7) is 0. The molecule has 2 aromatic rings. The van der Waals surface area contributed by atoms with Gasteiger partial charge in [-0.15, -0.1) is 10.2 Å². The molecule has 0 unspecified atom stereocenters. The smallest absolute Gasteiger partial charge is 0.175 e. The van der Waals surface area contributed by atoms with Crippen LogP contribution in [0.15, 0.2) is 24.5 Å². The van der Waals surface area contributed by atoms with E-state index in [-0.39, 0.29) is 0 Å². The highest BCUT2D eigenvalue weighted by atomic mass is 35.5. The van der Waals surface area contributed by atoms with E-state index in [1.807, 2.05) is 0 Å². The maximum atomic E-state index is 5.68. The topological polar surface area (TPSA) is 43.6 Å². The average molecular weight is 215 g/mol.